The lowest BCUT2D eigenvalue weighted by atomic mass is 10.1. The van der Waals surface area contributed by atoms with Crippen molar-refractivity contribution in [1.29, 1.82) is 0 Å². The van der Waals surface area contributed by atoms with Crippen LogP contribution in [0.1, 0.15) is 34.1 Å². The molecule has 0 unspecified atom stereocenters. The fourth-order valence-electron chi connectivity index (χ4n) is 1.86. The molecule has 0 saturated carbocycles. The molecule has 0 saturated heterocycles. The zero-order valence-corrected chi connectivity index (χ0v) is 15.2. The first-order valence-corrected chi connectivity index (χ1v) is 8.08. The van der Waals surface area contributed by atoms with Gasteiger partial charge in [-0.3, -0.25) is 4.79 Å². The Hall–Kier alpha value is -1.30. The number of halogens is 1. The molecule has 0 spiro atoms. The highest BCUT2D eigenvalue weighted by Crippen LogP contribution is 2.29. The standard InChI is InChI=1S/C17H26ClNO4/c1-6-9-22-17(3,4)16(20)19-13-7-8-15(14(18)10-13)23-12(2)11-21-5/h7-8,10,12H,6,9,11H2,1-5H3,(H,19,20)/t12-/m0/s1. The van der Waals surface area contributed by atoms with E-state index in [1.54, 1.807) is 39.2 Å². The second kappa shape index (κ2) is 9.11. The normalized spacial score (nSPS) is 12.8. The van der Waals surface area contributed by atoms with E-state index in [2.05, 4.69) is 5.32 Å². The summed E-state index contributed by atoms with van der Waals surface area (Å²) in [6.45, 7) is 8.37. The topological polar surface area (TPSA) is 56.8 Å². The summed E-state index contributed by atoms with van der Waals surface area (Å²) >= 11 is 6.21. The zero-order chi connectivity index (χ0) is 17.5. The Morgan fingerprint density at radius 1 is 1.39 bits per heavy atom. The largest absolute Gasteiger partial charge is 0.487 e. The lowest BCUT2D eigenvalue weighted by molar-refractivity contribution is -0.137. The summed E-state index contributed by atoms with van der Waals surface area (Å²) in [5, 5.41) is 3.24. The van der Waals surface area contributed by atoms with Gasteiger partial charge in [0.2, 0.25) is 0 Å². The van der Waals surface area contributed by atoms with Gasteiger partial charge < -0.3 is 19.5 Å². The monoisotopic (exact) mass is 343 g/mol. The number of ether oxygens (including phenoxy) is 3. The van der Waals surface area contributed by atoms with Crippen LogP contribution in [0.5, 0.6) is 5.75 Å². The van der Waals surface area contributed by atoms with Crippen molar-refractivity contribution >= 4 is 23.2 Å². The molecule has 0 fully saturated rings. The molecule has 1 rings (SSSR count). The number of hydrogen-bond acceptors (Lipinski definition) is 4. The van der Waals surface area contributed by atoms with Crippen molar-refractivity contribution in [2.75, 3.05) is 25.6 Å². The Balaban J connectivity index is 2.72. The van der Waals surface area contributed by atoms with Crippen molar-refractivity contribution in [2.45, 2.75) is 45.8 Å². The minimum absolute atomic E-state index is 0.112. The highest BCUT2D eigenvalue weighted by molar-refractivity contribution is 6.32. The van der Waals surface area contributed by atoms with E-state index in [0.29, 0.717) is 29.7 Å². The fourth-order valence-corrected chi connectivity index (χ4v) is 2.09. The van der Waals surface area contributed by atoms with E-state index in [-0.39, 0.29) is 12.0 Å². The van der Waals surface area contributed by atoms with Crippen molar-refractivity contribution in [3.05, 3.63) is 23.2 Å². The van der Waals surface area contributed by atoms with Gasteiger partial charge >= 0.3 is 0 Å². The molecular weight excluding hydrogens is 318 g/mol. The number of nitrogens with one attached hydrogen (secondary N) is 1. The Bertz CT molecular complexity index is 519. The molecule has 1 N–H and O–H groups in total. The molecule has 0 aliphatic rings. The van der Waals surface area contributed by atoms with E-state index in [9.17, 15) is 4.79 Å². The average Bonchev–Trinajstić information content (AvgIpc) is 2.48. The maximum absolute atomic E-state index is 12.3. The Morgan fingerprint density at radius 3 is 2.65 bits per heavy atom. The molecule has 0 aliphatic heterocycles. The van der Waals surface area contributed by atoms with Crippen LogP contribution in [0.2, 0.25) is 5.02 Å². The van der Waals surface area contributed by atoms with Crippen LogP contribution in [0.25, 0.3) is 0 Å². The number of carbonyl (C=O) groups is 1. The molecule has 6 heteroatoms. The Kier molecular flexibility index (Phi) is 7.82. The molecule has 0 aliphatic carbocycles. The molecule has 1 aromatic carbocycles. The predicted octanol–water partition coefficient (Wildman–Crippen LogP) is 3.90. The number of benzene rings is 1. The van der Waals surface area contributed by atoms with E-state index in [4.69, 9.17) is 25.8 Å². The van der Waals surface area contributed by atoms with Gasteiger partial charge in [-0.05, 0) is 45.4 Å². The van der Waals surface area contributed by atoms with Crippen LogP contribution >= 0.6 is 11.6 Å². The third-order valence-electron chi connectivity index (χ3n) is 3.13. The van der Waals surface area contributed by atoms with Crippen LogP contribution < -0.4 is 10.1 Å². The SMILES string of the molecule is CCCOC(C)(C)C(=O)Nc1ccc(O[C@@H](C)COC)c(Cl)c1. The molecule has 0 bridgehead atoms. The van der Waals surface area contributed by atoms with E-state index in [1.807, 2.05) is 13.8 Å². The number of anilines is 1. The summed E-state index contributed by atoms with van der Waals surface area (Å²) in [6.07, 6.45) is 0.744. The summed E-state index contributed by atoms with van der Waals surface area (Å²) in [7, 11) is 1.61. The van der Waals surface area contributed by atoms with Crippen LogP contribution in [0.3, 0.4) is 0 Å². The van der Waals surface area contributed by atoms with Crippen molar-refractivity contribution in [1.82, 2.24) is 0 Å². The number of amides is 1. The fraction of sp³-hybridized carbons (Fsp3) is 0.588. The predicted molar refractivity (Wildman–Crippen MR) is 92.4 cm³/mol. The van der Waals surface area contributed by atoms with Gasteiger partial charge in [-0.1, -0.05) is 18.5 Å². The maximum atomic E-state index is 12.3. The quantitative estimate of drug-likeness (QED) is 0.738. The number of hydrogen-bond donors (Lipinski definition) is 1. The molecular formula is C17H26ClNO4. The van der Waals surface area contributed by atoms with Gasteiger partial charge in [0, 0.05) is 19.4 Å². The van der Waals surface area contributed by atoms with Gasteiger partial charge in [0.15, 0.2) is 0 Å². The molecule has 0 radical (unpaired) electrons. The lowest BCUT2D eigenvalue weighted by Gasteiger charge is -2.24. The van der Waals surface area contributed by atoms with Crippen LogP contribution in [0, 0.1) is 0 Å². The smallest absolute Gasteiger partial charge is 0.256 e. The molecule has 1 atom stereocenters. The number of methoxy groups -OCH3 is 1. The summed E-state index contributed by atoms with van der Waals surface area (Å²) in [6, 6.07) is 5.13. The zero-order valence-electron chi connectivity index (χ0n) is 14.4. The van der Waals surface area contributed by atoms with Crippen LogP contribution in [-0.4, -0.2) is 37.9 Å². The molecule has 1 amide bonds. The van der Waals surface area contributed by atoms with Crippen molar-refractivity contribution in [2.24, 2.45) is 0 Å². The third-order valence-corrected chi connectivity index (χ3v) is 3.43. The second-order valence-electron chi connectivity index (χ2n) is 5.84. The Labute approximate surface area is 143 Å². The van der Waals surface area contributed by atoms with Gasteiger partial charge in [0.05, 0.1) is 11.6 Å². The van der Waals surface area contributed by atoms with Gasteiger partial charge in [0.25, 0.3) is 5.91 Å². The van der Waals surface area contributed by atoms with E-state index >= 15 is 0 Å². The molecule has 0 heterocycles. The first-order valence-electron chi connectivity index (χ1n) is 7.70. The van der Waals surface area contributed by atoms with Crippen molar-refractivity contribution < 1.29 is 19.0 Å². The molecule has 5 nitrogen and oxygen atoms in total. The van der Waals surface area contributed by atoms with Crippen molar-refractivity contribution in [3.8, 4) is 5.75 Å². The maximum Gasteiger partial charge on any atom is 0.256 e. The average molecular weight is 344 g/mol. The Morgan fingerprint density at radius 2 is 2.09 bits per heavy atom. The highest BCUT2D eigenvalue weighted by atomic mass is 35.5. The lowest BCUT2D eigenvalue weighted by Crippen LogP contribution is -2.40. The van der Waals surface area contributed by atoms with Crippen LogP contribution in [-0.2, 0) is 14.3 Å². The summed E-state index contributed by atoms with van der Waals surface area (Å²) in [4.78, 5) is 12.3. The van der Waals surface area contributed by atoms with Gasteiger partial charge in [-0.15, -0.1) is 0 Å². The first kappa shape index (κ1) is 19.7. The molecule has 1 aromatic rings. The summed E-state index contributed by atoms with van der Waals surface area (Å²) < 4.78 is 16.3. The summed E-state index contributed by atoms with van der Waals surface area (Å²) in [5.41, 5.74) is -0.301. The van der Waals surface area contributed by atoms with Gasteiger partial charge in [-0.25, -0.2) is 0 Å². The number of carbonyl (C=O) groups excluding carboxylic acids is 1. The minimum Gasteiger partial charge on any atom is -0.487 e. The van der Waals surface area contributed by atoms with Gasteiger partial charge in [-0.2, -0.15) is 0 Å². The molecule has 130 valence electrons. The minimum atomic E-state index is -0.898. The van der Waals surface area contributed by atoms with E-state index < -0.39 is 5.60 Å². The highest BCUT2D eigenvalue weighted by Gasteiger charge is 2.28. The van der Waals surface area contributed by atoms with Crippen molar-refractivity contribution in [3.63, 3.8) is 0 Å². The first-order chi connectivity index (χ1) is 10.8. The summed E-state index contributed by atoms with van der Waals surface area (Å²) in [5.74, 6) is 0.333. The number of rotatable bonds is 9. The van der Waals surface area contributed by atoms with Gasteiger partial charge in [0.1, 0.15) is 17.5 Å². The van der Waals surface area contributed by atoms with E-state index in [1.165, 1.54) is 0 Å². The van der Waals surface area contributed by atoms with Crippen LogP contribution in [0.15, 0.2) is 18.2 Å². The molecule has 23 heavy (non-hydrogen) atoms. The van der Waals surface area contributed by atoms with E-state index in [0.717, 1.165) is 6.42 Å². The van der Waals surface area contributed by atoms with Crippen LogP contribution in [0.4, 0.5) is 5.69 Å². The molecule has 0 aromatic heterocycles. The third kappa shape index (κ3) is 6.37. The second-order valence-corrected chi connectivity index (χ2v) is 6.25.